The average Bonchev–Trinajstić information content (AvgIpc) is 2.51. The van der Waals surface area contributed by atoms with Gasteiger partial charge in [0.1, 0.15) is 0 Å². The molecule has 80 valence electrons. The zero-order chi connectivity index (χ0) is 10.8. The van der Waals surface area contributed by atoms with Gasteiger partial charge in [-0.05, 0) is 13.8 Å². The van der Waals surface area contributed by atoms with E-state index in [4.69, 9.17) is 0 Å². The highest BCUT2D eigenvalue weighted by molar-refractivity contribution is 7.89. The molecule has 6 heteroatoms. The maximum absolute atomic E-state index is 11.3. The monoisotopic (exact) mass is 217 g/mol. The molecule has 0 fully saturated rings. The van der Waals surface area contributed by atoms with Crippen LogP contribution in [-0.2, 0) is 17.1 Å². The van der Waals surface area contributed by atoms with Crippen LogP contribution in [0.4, 0.5) is 0 Å². The van der Waals surface area contributed by atoms with E-state index >= 15 is 0 Å². The number of aromatic nitrogens is 2. The van der Waals surface area contributed by atoms with Crippen LogP contribution in [0.2, 0.25) is 0 Å². The third-order valence-electron chi connectivity index (χ3n) is 1.96. The quantitative estimate of drug-likeness (QED) is 0.795. The van der Waals surface area contributed by atoms with Gasteiger partial charge in [-0.3, -0.25) is 4.68 Å². The van der Waals surface area contributed by atoms with Gasteiger partial charge in [-0.2, -0.15) is 5.10 Å². The first-order valence-electron chi connectivity index (χ1n) is 4.43. The molecule has 1 N–H and O–H groups in total. The molecule has 0 saturated carbocycles. The van der Waals surface area contributed by atoms with Gasteiger partial charge in [0.05, 0.1) is 11.9 Å². The number of rotatable bonds is 4. The molecule has 0 aliphatic heterocycles. The van der Waals surface area contributed by atoms with Crippen molar-refractivity contribution in [2.75, 3.05) is 5.75 Å². The van der Waals surface area contributed by atoms with Crippen LogP contribution in [0.1, 0.15) is 25.5 Å². The smallest absolute Gasteiger partial charge is 0.211 e. The zero-order valence-electron chi connectivity index (χ0n) is 8.56. The van der Waals surface area contributed by atoms with E-state index in [-0.39, 0.29) is 11.8 Å². The molecule has 1 rings (SSSR count). The Morgan fingerprint density at radius 3 is 2.71 bits per heavy atom. The molecule has 5 nitrogen and oxygen atoms in total. The summed E-state index contributed by atoms with van der Waals surface area (Å²) in [6.07, 6.45) is 3.45. The van der Waals surface area contributed by atoms with Crippen molar-refractivity contribution in [2.24, 2.45) is 7.05 Å². The summed E-state index contributed by atoms with van der Waals surface area (Å²) in [4.78, 5) is 0. The molecule has 1 heterocycles. The summed E-state index contributed by atoms with van der Waals surface area (Å²) in [5.41, 5.74) is 0.865. The Hall–Kier alpha value is -0.880. The first-order valence-corrected chi connectivity index (χ1v) is 6.08. The standard InChI is InChI=1S/C8H15N3O2S/c1-4-14(12,13)10-7(2)8-5-9-11(3)6-8/h5-7,10H,4H2,1-3H3/t7-/m1/s1. The van der Waals surface area contributed by atoms with Crippen molar-refractivity contribution in [1.82, 2.24) is 14.5 Å². The summed E-state index contributed by atoms with van der Waals surface area (Å²) in [6, 6.07) is -0.228. The third-order valence-corrected chi connectivity index (χ3v) is 3.43. The normalized spacial score (nSPS) is 14.2. The van der Waals surface area contributed by atoms with Crippen LogP contribution in [-0.4, -0.2) is 24.0 Å². The molecule has 0 unspecified atom stereocenters. The van der Waals surface area contributed by atoms with Crippen LogP contribution in [0.3, 0.4) is 0 Å². The van der Waals surface area contributed by atoms with E-state index in [0.717, 1.165) is 5.56 Å². The Bertz CT molecular complexity index is 396. The van der Waals surface area contributed by atoms with Gasteiger partial charge in [-0.25, -0.2) is 13.1 Å². The molecule has 0 amide bonds. The van der Waals surface area contributed by atoms with Crippen LogP contribution < -0.4 is 4.72 Å². The second-order valence-electron chi connectivity index (χ2n) is 3.19. The highest BCUT2D eigenvalue weighted by Crippen LogP contribution is 2.11. The number of nitrogens with one attached hydrogen (secondary N) is 1. The average molecular weight is 217 g/mol. The second-order valence-corrected chi connectivity index (χ2v) is 5.23. The highest BCUT2D eigenvalue weighted by atomic mass is 32.2. The van der Waals surface area contributed by atoms with Crippen LogP contribution in [0.5, 0.6) is 0 Å². The van der Waals surface area contributed by atoms with Crippen molar-refractivity contribution < 1.29 is 8.42 Å². The second kappa shape index (κ2) is 4.10. The van der Waals surface area contributed by atoms with Crippen LogP contribution >= 0.6 is 0 Å². The molecule has 0 bridgehead atoms. The Kier molecular flexibility index (Phi) is 3.28. The molecule has 0 saturated heterocycles. The first kappa shape index (κ1) is 11.2. The van der Waals surface area contributed by atoms with Gasteiger partial charge >= 0.3 is 0 Å². The summed E-state index contributed by atoms with van der Waals surface area (Å²) in [6.45, 7) is 3.41. The molecule has 1 aromatic heterocycles. The fourth-order valence-corrected chi connectivity index (χ4v) is 1.93. The number of sulfonamides is 1. The van der Waals surface area contributed by atoms with Crippen molar-refractivity contribution in [3.8, 4) is 0 Å². The Morgan fingerprint density at radius 1 is 1.64 bits per heavy atom. The minimum atomic E-state index is -3.14. The van der Waals surface area contributed by atoms with Gasteiger partial charge < -0.3 is 0 Å². The van der Waals surface area contributed by atoms with Crippen molar-refractivity contribution in [3.05, 3.63) is 18.0 Å². The number of hydrogen-bond donors (Lipinski definition) is 1. The van der Waals surface area contributed by atoms with Gasteiger partial charge in [0.25, 0.3) is 0 Å². The molecule has 0 radical (unpaired) electrons. The minimum Gasteiger partial charge on any atom is -0.275 e. The summed E-state index contributed by atoms with van der Waals surface area (Å²) in [7, 11) is -1.35. The lowest BCUT2D eigenvalue weighted by Crippen LogP contribution is -2.27. The third kappa shape index (κ3) is 2.81. The zero-order valence-corrected chi connectivity index (χ0v) is 9.37. The van der Waals surface area contributed by atoms with E-state index in [1.54, 1.807) is 38.0 Å². The van der Waals surface area contributed by atoms with Gasteiger partial charge in [0, 0.05) is 24.8 Å². The molecule has 0 aromatic carbocycles. The molecule has 14 heavy (non-hydrogen) atoms. The number of aryl methyl sites for hydroxylation is 1. The molecule has 1 atom stereocenters. The predicted octanol–water partition coefficient (Wildman–Crippen LogP) is 0.420. The number of hydrogen-bond acceptors (Lipinski definition) is 3. The number of nitrogens with zero attached hydrogens (tertiary/aromatic N) is 2. The van der Waals surface area contributed by atoms with Crippen molar-refractivity contribution >= 4 is 10.0 Å². The lowest BCUT2D eigenvalue weighted by atomic mass is 10.2. The van der Waals surface area contributed by atoms with Crippen LogP contribution in [0, 0.1) is 0 Å². The van der Waals surface area contributed by atoms with E-state index in [1.807, 2.05) is 0 Å². The van der Waals surface area contributed by atoms with E-state index in [0.29, 0.717) is 0 Å². The van der Waals surface area contributed by atoms with E-state index in [1.165, 1.54) is 0 Å². The summed E-state index contributed by atoms with van der Waals surface area (Å²) in [5.74, 6) is 0.0948. The van der Waals surface area contributed by atoms with Crippen molar-refractivity contribution in [3.63, 3.8) is 0 Å². The summed E-state index contributed by atoms with van der Waals surface area (Å²) < 4.78 is 26.7. The van der Waals surface area contributed by atoms with Gasteiger partial charge in [0.15, 0.2) is 0 Å². The SMILES string of the molecule is CCS(=O)(=O)N[C@H](C)c1cnn(C)c1. The Balaban J connectivity index is 2.73. The topological polar surface area (TPSA) is 64.0 Å². The summed E-state index contributed by atoms with van der Waals surface area (Å²) >= 11 is 0. The van der Waals surface area contributed by atoms with Crippen LogP contribution in [0.15, 0.2) is 12.4 Å². The van der Waals surface area contributed by atoms with Crippen molar-refractivity contribution in [1.29, 1.82) is 0 Å². The molecule has 0 spiro atoms. The molecule has 1 aromatic rings. The maximum atomic E-state index is 11.3. The highest BCUT2D eigenvalue weighted by Gasteiger charge is 2.14. The Morgan fingerprint density at radius 2 is 2.29 bits per heavy atom. The fourth-order valence-electron chi connectivity index (χ4n) is 1.08. The predicted molar refractivity (Wildman–Crippen MR) is 54.2 cm³/mol. The molecule has 0 aliphatic rings. The lowest BCUT2D eigenvalue weighted by molar-refractivity contribution is 0.568. The molecular weight excluding hydrogens is 202 g/mol. The van der Waals surface area contributed by atoms with E-state index in [2.05, 4.69) is 9.82 Å². The van der Waals surface area contributed by atoms with Crippen molar-refractivity contribution in [2.45, 2.75) is 19.9 Å². The van der Waals surface area contributed by atoms with Gasteiger partial charge in [-0.15, -0.1) is 0 Å². The summed E-state index contributed by atoms with van der Waals surface area (Å²) in [5, 5.41) is 3.98. The minimum absolute atomic E-state index is 0.0948. The molecular formula is C8H15N3O2S. The van der Waals surface area contributed by atoms with Gasteiger partial charge in [-0.1, -0.05) is 0 Å². The van der Waals surface area contributed by atoms with E-state index < -0.39 is 10.0 Å². The first-order chi connectivity index (χ1) is 6.44. The Labute approximate surface area is 84.2 Å². The van der Waals surface area contributed by atoms with Crippen LogP contribution in [0.25, 0.3) is 0 Å². The lowest BCUT2D eigenvalue weighted by Gasteiger charge is -2.10. The molecule has 0 aliphatic carbocycles. The van der Waals surface area contributed by atoms with E-state index in [9.17, 15) is 8.42 Å². The fraction of sp³-hybridized carbons (Fsp3) is 0.625. The maximum Gasteiger partial charge on any atom is 0.211 e. The van der Waals surface area contributed by atoms with Gasteiger partial charge in [0.2, 0.25) is 10.0 Å². The largest absolute Gasteiger partial charge is 0.275 e.